The third kappa shape index (κ3) is 5.96. The zero-order chi connectivity index (χ0) is 25.7. The maximum absolute atomic E-state index is 15.2. The average molecular weight is 501 g/mol. The second kappa shape index (κ2) is 11.4. The van der Waals surface area contributed by atoms with Gasteiger partial charge in [-0.3, -0.25) is 0 Å². The zero-order valence-electron chi connectivity index (χ0n) is 19.7. The molecule has 0 aliphatic carbocycles. The van der Waals surface area contributed by atoms with E-state index in [1.54, 1.807) is 30.3 Å². The first-order valence-corrected chi connectivity index (χ1v) is 11.7. The number of rotatable bonds is 10. The van der Waals surface area contributed by atoms with Crippen molar-refractivity contribution in [2.45, 2.75) is 39.2 Å². The number of fused-ring (bicyclic) bond motifs is 1. The molecule has 4 aromatic rings. The van der Waals surface area contributed by atoms with Crippen LogP contribution in [0.3, 0.4) is 0 Å². The van der Waals surface area contributed by atoms with Crippen LogP contribution < -0.4 is 9.47 Å². The van der Waals surface area contributed by atoms with Gasteiger partial charge < -0.3 is 9.47 Å². The summed E-state index contributed by atoms with van der Waals surface area (Å²) in [7, 11) is 0. The Labute approximate surface area is 206 Å². The smallest absolute Gasteiger partial charge is 0.387 e. The molecule has 0 radical (unpaired) electrons. The van der Waals surface area contributed by atoms with Crippen molar-refractivity contribution in [2.24, 2.45) is 0 Å². The van der Waals surface area contributed by atoms with E-state index >= 15 is 4.39 Å². The second-order valence-electron chi connectivity index (χ2n) is 8.46. The number of hydrogen-bond acceptors (Lipinski definition) is 2. The molecule has 0 amide bonds. The van der Waals surface area contributed by atoms with Gasteiger partial charge in [-0.2, -0.15) is 8.78 Å². The topological polar surface area (TPSA) is 18.5 Å². The van der Waals surface area contributed by atoms with Crippen molar-refractivity contribution in [3.63, 3.8) is 0 Å². The molecule has 7 heteroatoms. The normalized spacial score (nSPS) is 11.3. The van der Waals surface area contributed by atoms with Crippen LogP contribution in [0.2, 0.25) is 0 Å². The van der Waals surface area contributed by atoms with Crippen LogP contribution >= 0.6 is 0 Å². The number of alkyl halides is 2. The molecule has 0 aliphatic heterocycles. The van der Waals surface area contributed by atoms with Crippen molar-refractivity contribution in [3.8, 4) is 22.6 Å². The fourth-order valence-electron chi connectivity index (χ4n) is 4.05. The van der Waals surface area contributed by atoms with E-state index in [4.69, 9.17) is 4.74 Å². The summed E-state index contributed by atoms with van der Waals surface area (Å²) < 4.78 is 79.0. The van der Waals surface area contributed by atoms with Gasteiger partial charge in [-0.25, -0.2) is 13.2 Å². The summed E-state index contributed by atoms with van der Waals surface area (Å²) in [5.41, 5.74) is 1.44. The predicted molar refractivity (Wildman–Crippen MR) is 130 cm³/mol. The number of aryl methyl sites for hydroxylation is 2. The molecule has 0 spiro atoms. The summed E-state index contributed by atoms with van der Waals surface area (Å²) in [5.74, 6) is -1.70. The highest BCUT2D eigenvalue weighted by Crippen LogP contribution is 2.33. The highest BCUT2D eigenvalue weighted by atomic mass is 19.3. The fraction of sp³-hybridized carbons (Fsp3) is 0.241. The Morgan fingerprint density at radius 3 is 2.17 bits per heavy atom. The molecule has 0 fully saturated rings. The molecular weight excluding hydrogens is 475 g/mol. The van der Waals surface area contributed by atoms with Gasteiger partial charge in [0.25, 0.3) is 0 Å². The Hall–Kier alpha value is -3.61. The Balaban J connectivity index is 1.52. The number of halogens is 5. The number of hydrogen-bond donors (Lipinski definition) is 0. The first-order valence-electron chi connectivity index (χ1n) is 11.7. The number of unbranched alkanes of at least 4 members (excludes halogenated alkanes) is 1. The molecule has 4 rings (SSSR count). The van der Waals surface area contributed by atoms with Gasteiger partial charge in [0, 0.05) is 17.5 Å². The molecule has 0 unspecified atom stereocenters. The lowest BCUT2D eigenvalue weighted by Crippen LogP contribution is -2.02. The van der Waals surface area contributed by atoms with Crippen molar-refractivity contribution in [3.05, 3.63) is 95.3 Å². The van der Waals surface area contributed by atoms with Gasteiger partial charge in [0.05, 0.1) is 12.2 Å². The minimum Gasteiger partial charge on any atom is -0.493 e. The predicted octanol–water partition coefficient (Wildman–Crippen LogP) is 8.49. The van der Waals surface area contributed by atoms with Gasteiger partial charge in [0.2, 0.25) is 0 Å². The van der Waals surface area contributed by atoms with E-state index in [2.05, 4.69) is 4.74 Å². The Morgan fingerprint density at radius 1 is 0.778 bits per heavy atom. The third-order valence-electron chi connectivity index (χ3n) is 5.94. The van der Waals surface area contributed by atoms with Gasteiger partial charge in [0.15, 0.2) is 0 Å². The molecule has 0 saturated heterocycles. The molecule has 0 heterocycles. The monoisotopic (exact) mass is 500 g/mol. The van der Waals surface area contributed by atoms with E-state index in [-0.39, 0.29) is 17.1 Å². The van der Waals surface area contributed by atoms with Crippen LogP contribution in [-0.4, -0.2) is 13.2 Å². The van der Waals surface area contributed by atoms with Gasteiger partial charge in [-0.05, 0) is 59.5 Å². The molecule has 4 aromatic carbocycles. The number of ether oxygens (including phenoxy) is 2. The molecular formula is C29H25F5O2. The molecule has 36 heavy (non-hydrogen) atoms. The summed E-state index contributed by atoms with van der Waals surface area (Å²) in [6.45, 7) is -0.515. The Kier molecular flexibility index (Phi) is 8.08. The molecule has 0 N–H and O–H groups in total. The molecule has 0 atom stereocenters. The first-order chi connectivity index (χ1) is 17.4. The van der Waals surface area contributed by atoms with Gasteiger partial charge >= 0.3 is 6.61 Å². The van der Waals surface area contributed by atoms with Gasteiger partial charge in [-0.15, -0.1) is 0 Å². The van der Waals surface area contributed by atoms with Crippen LogP contribution in [0.15, 0.2) is 66.7 Å². The quantitative estimate of drug-likeness (QED) is 0.161. The highest BCUT2D eigenvalue weighted by molar-refractivity contribution is 5.88. The highest BCUT2D eigenvalue weighted by Gasteiger charge is 2.16. The summed E-state index contributed by atoms with van der Waals surface area (Å²) in [4.78, 5) is 0. The van der Waals surface area contributed by atoms with E-state index in [0.717, 1.165) is 30.5 Å². The van der Waals surface area contributed by atoms with Crippen molar-refractivity contribution >= 4 is 10.8 Å². The fourth-order valence-corrected chi connectivity index (χ4v) is 4.05. The van der Waals surface area contributed by atoms with Crippen LogP contribution in [0.5, 0.6) is 11.5 Å². The van der Waals surface area contributed by atoms with Crippen LogP contribution in [0.4, 0.5) is 22.0 Å². The molecule has 0 bridgehead atoms. The largest absolute Gasteiger partial charge is 0.493 e. The summed E-state index contributed by atoms with van der Waals surface area (Å²) >= 11 is 0. The first kappa shape index (κ1) is 25.5. The van der Waals surface area contributed by atoms with Crippen LogP contribution in [-0.2, 0) is 12.8 Å². The zero-order valence-corrected chi connectivity index (χ0v) is 19.7. The maximum atomic E-state index is 15.2. The lowest BCUT2D eigenvalue weighted by Gasteiger charge is -2.12. The molecule has 188 valence electrons. The maximum Gasteiger partial charge on any atom is 0.387 e. The van der Waals surface area contributed by atoms with E-state index in [9.17, 15) is 17.6 Å². The van der Waals surface area contributed by atoms with E-state index in [0.29, 0.717) is 41.3 Å². The van der Waals surface area contributed by atoms with Crippen molar-refractivity contribution < 1.29 is 31.4 Å². The average Bonchev–Trinajstić information content (AvgIpc) is 2.84. The van der Waals surface area contributed by atoms with Gasteiger partial charge in [-0.1, -0.05) is 49.7 Å². The Bertz CT molecular complexity index is 1310. The summed E-state index contributed by atoms with van der Waals surface area (Å²) in [5, 5.41) is 0.863. The lowest BCUT2D eigenvalue weighted by atomic mass is 9.96. The molecule has 0 saturated carbocycles. The van der Waals surface area contributed by atoms with Crippen molar-refractivity contribution in [1.82, 2.24) is 0 Å². The van der Waals surface area contributed by atoms with E-state index in [1.807, 2.05) is 6.92 Å². The van der Waals surface area contributed by atoms with E-state index < -0.39 is 24.1 Å². The van der Waals surface area contributed by atoms with Gasteiger partial charge in [0.1, 0.15) is 29.0 Å². The lowest BCUT2D eigenvalue weighted by molar-refractivity contribution is -0.0498. The van der Waals surface area contributed by atoms with Crippen LogP contribution in [0.1, 0.15) is 30.9 Å². The summed E-state index contributed by atoms with van der Waals surface area (Å²) in [6, 6.07) is 16.5. The van der Waals surface area contributed by atoms with Crippen LogP contribution in [0.25, 0.3) is 21.9 Å². The number of benzene rings is 4. The minimum atomic E-state index is -2.89. The van der Waals surface area contributed by atoms with Crippen molar-refractivity contribution in [1.29, 1.82) is 0 Å². The minimum absolute atomic E-state index is 0.0629. The summed E-state index contributed by atoms with van der Waals surface area (Å²) in [6.07, 6.45) is 2.58. The van der Waals surface area contributed by atoms with Crippen molar-refractivity contribution in [2.75, 3.05) is 6.61 Å². The standard InChI is InChI=1S/C29H25F5O2/c1-2-3-14-35-23-16-25(30)27(26(31)17-23)21-10-13-24-20(15-21)9-8-19(28(24)32)7-4-18-5-11-22(12-6-18)36-29(33)34/h5-6,8-13,15-17,29H,2-4,7,14H2,1H3. The molecule has 2 nitrogen and oxygen atoms in total. The molecule has 0 aromatic heterocycles. The molecule has 0 aliphatic rings. The Morgan fingerprint density at radius 2 is 1.50 bits per heavy atom. The SMILES string of the molecule is CCCCOc1cc(F)c(-c2ccc3c(F)c(CCc4ccc(OC(F)F)cc4)ccc3c2)c(F)c1. The third-order valence-corrected chi connectivity index (χ3v) is 5.94. The van der Waals surface area contributed by atoms with Crippen LogP contribution in [0, 0.1) is 17.5 Å². The van der Waals surface area contributed by atoms with E-state index in [1.165, 1.54) is 24.3 Å². The second-order valence-corrected chi connectivity index (χ2v) is 8.46.